The molecule has 0 saturated heterocycles. The zero-order chi connectivity index (χ0) is 101. The predicted octanol–water partition coefficient (Wildman–Crippen LogP) is 29.9. The molecule has 0 amide bonds. The van der Waals surface area contributed by atoms with Crippen LogP contribution in [0.4, 0.5) is 0 Å². The monoisotopic (exact) mass is 2490 g/mol. The third kappa shape index (κ3) is 32.6. The number of rotatable bonds is 17. The van der Waals surface area contributed by atoms with Crippen LogP contribution in [0.1, 0.15) is 88.6 Å². The van der Waals surface area contributed by atoms with E-state index in [1.165, 1.54) is 61.1 Å². The molecule has 0 aliphatic carbocycles. The molecule has 20 rings (SSSR count). The van der Waals surface area contributed by atoms with Crippen molar-refractivity contribution in [2.45, 2.75) is 80.3 Å². The molecular formula is C123H103Ir4N9-8. The third-order valence-corrected chi connectivity index (χ3v) is 20.4. The third-order valence-electron chi connectivity index (χ3n) is 20.4. The molecule has 0 fully saturated rings. The van der Waals surface area contributed by atoms with E-state index < -0.39 is 32.3 Å². The van der Waals surface area contributed by atoms with Crippen LogP contribution in [0.2, 0.25) is 0 Å². The molecule has 0 saturated carbocycles. The molecule has 20 aromatic rings. The number of nitrogens with zero attached hydrogens (tertiary/aromatic N) is 9. The number of hydrogen-bond donors (Lipinski definition) is 0. The van der Waals surface area contributed by atoms with Gasteiger partial charge in [-0.3, -0.25) is 4.98 Å². The van der Waals surface area contributed by atoms with Gasteiger partial charge in [0, 0.05) is 168 Å². The summed E-state index contributed by atoms with van der Waals surface area (Å²) >= 11 is 0. The first-order valence-corrected chi connectivity index (χ1v) is 43.1. The van der Waals surface area contributed by atoms with E-state index in [-0.39, 0.29) is 80.4 Å². The summed E-state index contributed by atoms with van der Waals surface area (Å²) in [6.07, 6.45) is 11.1. The molecule has 0 unspecified atom stereocenters. The summed E-state index contributed by atoms with van der Waals surface area (Å²) in [7, 11) is 0. The summed E-state index contributed by atoms with van der Waals surface area (Å²) in [6, 6.07) is 147. The zero-order valence-electron chi connectivity index (χ0n) is 86.6. The van der Waals surface area contributed by atoms with Crippen LogP contribution in [0.25, 0.3) is 135 Å². The van der Waals surface area contributed by atoms with E-state index in [0.717, 1.165) is 108 Å². The molecule has 9 heterocycles. The van der Waals surface area contributed by atoms with Crippen molar-refractivity contribution in [1.82, 2.24) is 44.9 Å². The van der Waals surface area contributed by atoms with Crippen molar-refractivity contribution in [2.75, 3.05) is 0 Å². The summed E-state index contributed by atoms with van der Waals surface area (Å²) in [5.41, 5.74) is 27.8. The van der Waals surface area contributed by atoms with Crippen LogP contribution in [-0.2, 0) is 112 Å². The molecule has 9 nitrogen and oxygen atoms in total. The quantitative estimate of drug-likeness (QED) is 0.0822. The Balaban J connectivity index is 0.000000187. The van der Waals surface area contributed by atoms with Gasteiger partial charge in [0.25, 0.3) is 0 Å². The maximum atomic E-state index is 7.82. The van der Waals surface area contributed by atoms with Crippen molar-refractivity contribution in [3.8, 4) is 135 Å². The first-order valence-electron chi connectivity index (χ1n) is 48.6. The van der Waals surface area contributed by atoms with Crippen LogP contribution >= 0.6 is 0 Å². The molecule has 0 aliphatic heterocycles. The van der Waals surface area contributed by atoms with E-state index in [1.807, 2.05) is 310 Å². The van der Waals surface area contributed by atoms with E-state index in [4.69, 9.17) is 15.1 Å². The molecule has 0 spiro atoms. The summed E-state index contributed by atoms with van der Waals surface area (Å²) in [5.74, 6) is 0. The number of pyridine rings is 9. The molecule has 0 bridgehead atoms. The Morgan fingerprint density at radius 3 is 0.757 bits per heavy atom. The van der Waals surface area contributed by atoms with Crippen LogP contribution in [0.3, 0.4) is 0 Å². The summed E-state index contributed by atoms with van der Waals surface area (Å²) in [4.78, 5) is 39.3. The number of aromatic nitrogens is 9. The van der Waals surface area contributed by atoms with Gasteiger partial charge < -0.3 is 39.9 Å². The fourth-order valence-electron chi connectivity index (χ4n) is 13.4. The van der Waals surface area contributed by atoms with Gasteiger partial charge in [0.2, 0.25) is 0 Å². The van der Waals surface area contributed by atoms with Crippen LogP contribution in [-0.4, -0.2) is 44.9 Å². The number of hydrogen-bond acceptors (Lipinski definition) is 9. The van der Waals surface area contributed by atoms with Gasteiger partial charge in [-0.2, -0.15) is 0 Å². The summed E-state index contributed by atoms with van der Waals surface area (Å²) < 4.78 is 84.0. The Morgan fingerprint density at radius 1 is 0.221 bits per heavy atom. The maximum absolute atomic E-state index is 7.82. The van der Waals surface area contributed by atoms with E-state index in [2.05, 4.69) is 156 Å². The molecule has 0 N–H and O–H groups in total. The van der Waals surface area contributed by atoms with E-state index in [0.29, 0.717) is 39.1 Å². The van der Waals surface area contributed by atoms with E-state index >= 15 is 0 Å². The van der Waals surface area contributed by atoms with Gasteiger partial charge in [-0.25, -0.2) is 0 Å². The van der Waals surface area contributed by atoms with E-state index in [1.54, 1.807) is 79.8 Å². The van der Waals surface area contributed by atoms with Gasteiger partial charge in [0.15, 0.2) is 0 Å². The number of aryl methyl sites for hydroxylation is 7. The normalized spacial score (nSPS) is 11.6. The van der Waals surface area contributed by atoms with Crippen molar-refractivity contribution in [3.63, 3.8) is 0 Å². The second-order valence-electron chi connectivity index (χ2n) is 29.3. The fraction of sp³-hybridized carbons (Fsp3) is 0.0976. The summed E-state index contributed by atoms with van der Waals surface area (Å²) in [6.45, 7) is 8.21. The second-order valence-corrected chi connectivity index (χ2v) is 29.3. The minimum atomic E-state index is -2.20. The number of benzene rings is 11. The zero-order valence-corrected chi connectivity index (χ0v) is 85.2. The molecule has 0 atom stereocenters. The molecule has 684 valence electrons. The van der Waals surface area contributed by atoms with Gasteiger partial charge in [-0.15, -0.1) is 287 Å². The first kappa shape index (κ1) is 90.2. The molecule has 11 aromatic carbocycles. The van der Waals surface area contributed by atoms with Gasteiger partial charge in [0.1, 0.15) is 0 Å². The molecule has 0 aliphatic rings. The van der Waals surface area contributed by atoms with Gasteiger partial charge in [-0.05, 0) is 171 Å². The van der Waals surface area contributed by atoms with Crippen molar-refractivity contribution in [2.24, 2.45) is 0 Å². The Kier molecular flexibility index (Phi) is 38.8. The average Bonchev–Trinajstić information content (AvgIpc) is 0.781. The van der Waals surface area contributed by atoms with Crippen molar-refractivity contribution in [1.29, 1.82) is 0 Å². The standard InChI is InChI=1S/C19H16N.2C18H14N.C16H11N2.4C13H12N.4Ir/c1-2-15-13-19(17-11-7-4-8-12-17)20-14-18(15)16-9-5-3-6-10-16;2*1-14-12-18(16-10-6-3-7-11-16)19-13-17(14)15-8-4-2-5-9-15;1-2-6-13(7-3-1)16-12-14(9-11-18-16)15-8-4-5-10-17-15;4*1-2-11-8-9-13(14-10-11)12-6-4-3-5-7-12;;;;/h3-11,13-14H,2H2,1H3;2*2-10,12-13H,1H3;1-6,8-12H;4*3-6,8-10H,2H2,1H3;;;;/q8*-1;;;;/i;1D3;;;4*2D2;;;;. The Bertz CT molecular complexity index is 6820. The van der Waals surface area contributed by atoms with E-state index in [9.17, 15) is 0 Å². The topological polar surface area (TPSA) is 116 Å². The second kappa shape index (κ2) is 58.5. The molecule has 13 heteroatoms. The minimum absolute atomic E-state index is 0. The summed E-state index contributed by atoms with van der Waals surface area (Å²) in [5, 5.41) is 0. The van der Waals surface area contributed by atoms with Gasteiger partial charge >= 0.3 is 0 Å². The fourth-order valence-corrected chi connectivity index (χ4v) is 13.4. The van der Waals surface area contributed by atoms with Crippen LogP contribution in [0.15, 0.2) is 438 Å². The van der Waals surface area contributed by atoms with Crippen molar-refractivity contribution < 1.29 is 95.5 Å². The van der Waals surface area contributed by atoms with Crippen molar-refractivity contribution >= 4 is 0 Å². The smallest absolute Gasteiger partial charge is 0.0695 e. The maximum Gasteiger partial charge on any atom is 0.0695 e. The molecule has 9 aromatic heterocycles. The Hall–Kier alpha value is -13.6. The Morgan fingerprint density at radius 2 is 0.485 bits per heavy atom. The largest absolute Gasteiger partial charge is 0.305 e. The van der Waals surface area contributed by atoms with Crippen LogP contribution in [0.5, 0.6) is 0 Å². The van der Waals surface area contributed by atoms with Gasteiger partial charge in [-0.1, -0.05) is 204 Å². The molecule has 136 heavy (non-hydrogen) atoms. The molecule has 4 radical (unpaired) electrons. The van der Waals surface area contributed by atoms with Crippen LogP contribution in [0, 0.1) is 62.3 Å². The Labute approximate surface area is 873 Å². The minimum Gasteiger partial charge on any atom is -0.305 e. The van der Waals surface area contributed by atoms with Gasteiger partial charge in [0.05, 0.1) is 5.69 Å². The molecular weight excluding hydrogens is 2370 g/mol. The van der Waals surface area contributed by atoms with Crippen molar-refractivity contribution in [3.05, 3.63) is 525 Å². The van der Waals surface area contributed by atoms with Crippen LogP contribution < -0.4 is 0 Å². The first-order chi connectivity index (χ1) is 69.0. The predicted molar refractivity (Wildman–Crippen MR) is 544 cm³/mol. The SMILES string of the molecule is CCc1cc(-c2[c-]cccc2)ncc1-c1ccccc1.Cc1cc(-c2[c-]cccc2)ncc1-c1ccccc1.[2H]C([2H])(C)c1ccc(-c2[c-]cccc2)nc1.[2H]C([2H])(C)c1ccc(-c2[c-]cccc2)nc1.[2H]C([2H])(C)c1ccc(-c2[c-]cccc2)nc1.[2H]C([2H])(C)c1ccc(-c2[c-]cccc2)nc1.[2H]C([2H])([2H])c1cc(-c2[c-]cccc2)ncc1-c1ccccc1.[Ir].[Ir].[Ir].[Ir].[c-]1ccccc1-c1cc(-c2ccccn2)ccn1. The average molecular weight is 2490 g/mol.